The van der Waals surface area contributed by atoms with Crippen LogP contribution in [0, 0.1) is 5.82 Å². The number of aromatic amines is 1. The summed E-state index contributed by atoms with van der Waals surface area (Å²) in [5.41, 5.74) is 0.728. The van der Waals surface area contributed by atoms with Gasteiger partial charge in [-0.25, -0.2) is 28.6 Å². The van der Waals surface area contributed by atoms with Gasteiger partial charge in [0.05, 0.1) is 22.4 Å². The molecule has 1 atom stereocenters. The Morgan fingerprint density at radius 1 is 1.03 bits per heavy atom. The lowest BCUT2D eigenvalue weighted by molar-refractivity contribution is 0.422. The van der Waals surface area contributed by atoms with E-state index in [9.17, 15) is 14.0 Å². The standard InChI is InChI=1S/C21H11FN4O4/c22-11-7-5-10(6-8-11)14-15-17(12-3-1-2-4-13(12)29-20(15)27)30-19-16(14)18-24-21(28)25-26(18)9-23-19/h1-9,14H,(H,25,28). The fourth-order valence-electron chi connectivity index (χ4n) is 3.94. The molecule has 0 aliphatic carbocycles. The minimum atomic E-state index is -0.725. The Kier molecular flexibility index (Phi) is 3.26. The number of hydrogen-bond donors (Lipinski definition) is 1. The number of para-hydroxylation sites is 1. The molecule has 2 aromatic carbocycles. The zero-order valence-electron chi connectivity index (χ0n) is 15.1. The van der Waals surface area contributed by atoms with Crippen molar-refractivity contribution in [3.05, 3.63) is 98.3 Å². The second-order valence-electron chi connectivity index (χ2n) is 6.90. The molecule has 146 valence electrons. The molecule has 5 aromatic rings. The molecular formula is C21H11FN4O4. The number of benzene rings is 2. The van der Waals surface area contributed by atoms with Crippen molar-refractivity contribution in [3.8, 4) is 11.6 Å². The molecule has 1 unspecified atom stereocenters. The smallest absolute Gasteiger partial charge is 0.362 e. The lowest BCUT2D eigenvalue weighted by Crippen LogP contribution is -2.22. The van der Waals surface area contributed by atoms with Gasteiger partial charge in [-0.05, 0) is 29.8 Å². The molecule has 3 aromatic heterocycles. The van der Waals surface area contributed by atoms with Crippen LogP contribution in [-0.2, 0) is 0 Å². The fraction of sp³-hybridized carbons (Fsp3) is 0.0476. The SMILES string of the molecule is O=c1nc2c3c(ncn2[nH]1)Oc1c(c(=O)oc2ccccc12)C3c1ccc(F)cc1. The van der Waals surface area contributed by atoms with Gasteiger partial charge >= 0.3 is 11.3 Å². The summed E-state index contributed by atoms with van der Waals surface area (Å²) in [5.74, 6) is -0.613. The zero-order valence-corrected chi connectivity index (χ0v) is 15.1. The molecule has 1 N–H and O–H groups in total. The van der Waals surface area contributed by atoms with Gasteiger partial charge in [0.25, 0.3) is 0 Å². The van der Waals surface area contributed by atoms with Crippen molar-refractivity contribution in [1.29, 1.82) is 0 Å². The molecule has 9 heteroatoms. The molecule has 0 saturated carbocycles. The van der Waals surface area contributed by atoms with E-state index in [4.69, 9.17) is 9.15 Å². The quantitative estimate of drug-likeness (QED) is 0.424. The zero-order chi connectivity index (χ0) is 20.4. The number of hydrogen-bond acceptors (Lipinski definition) is 6. The highest BCUT2D eigenvalue weighted by Gasteiger charge is 2.37. The maximum Gasteiger partial charge on any atom is 0.362 e. The van der Waals surface area contributed by atoms with E-state index in [-0.39, 0.29) is 17.1 Å². The number of nitrogens with one attached hydrogen (secondary N) is 1. The van der Waals surface area contributed by atoms with Gasteiger partial charge in [-0.2, -0.15) is 4.98 Å². The van der Waals surface area contributed by atoms with Crippen LogP contribution in [0.5, 0.6) is 11.6 Å². The molecule has 6 rings (SSSR count). The van der Waals surface area contributed by atoms with E-state index in [2.05, 4.69) is 15.1 Å². The predicted molar refractivity (Wildman–Crippen MR) is 104 cm³/mol. The first kappa shape index (κ1) is 16.7. The minimum Gasteiger partial charge on any atom is -0.437 e. The number of fused-ring (bicyclic) bond motifs is 6. The van der Waals surface area contributed by atoms with Crippen LogP contribution in [0.3, 0.4) is 0 Å². The van der Waals surface area contributed by atoms with Crippen LogP contribution < -0.4 is 16.1 Å². The first-order valence-electron chi connectivity index (χ1n) is 9.06. The van der Waals surface area contributed by atoms with Crippen molar-refractivity contribution in [2.75, 3.05) is 0 Å². The lowest BCUT2D eigenvalue weighted by atomic mass is 9.84. The van der Waals surface area contributed by atoms with Gasteiger partial charge < -0.3 is 9.15 Å². The Labute approximate surface area is 166 Å². The van der Waals surface area contributed by atoms with Gasteiger partial charge in [-0.3, -0.25) is 0 Å². The fourth-order valence-corrected chi connectivity index (χ4v) is 3.94. The Morgan fingerprint density at radius 2 is 1.83 bits per heavy atom. The lowest BCUT2D eigenvalue weighted by Gasteiger charge is -2.27. The number of aromatic nitrogens is 4. The van der Waals surface area contributed by atoms with E-state index >= 15 is 0 Å². The summed E-state index contributed by atoms with van der Waals surface area (Å²) in [5, 5.41) is 3.13. The van der Waals surface area contributed by atoms with Crippen LogP contribution in [0.1, 0.15) is 22.6 Å². The molecule has 0 saturated heterocycles. The molecule has 0 fully saturated rings. The molecule has 0 radical (unpaired) electrons. The second-order valence-corrected chi connectivity index (χ2v) is 6.90. The summed E-state index contributed by atoms with van der Waals surface area (Å²) in [6.45, 7) is 0. The largest absolute Gasteiger partial charge is 0.437 e. The first-order valence-corrected chi connectivity index (χ1v) is 9.06. The van der Waals surface area contributed by atoms with E-state index in [0.717, 1.165) is 0 Å². The molecule has 1 aliphatic heterocycles. The highest BCUT2D eigenvalue weighted by molar-refractivity contribution is 5.86. The van der Waals surface area contributed by atoms with Crippen molar-refractivity contribution in [1.82, 2.24) is 19.6 Å². The number of rotatable bonds is 1. The van der Waals surface area contributed by atoms with Crippen molar-refractivity contribution in [2.24, 2.45) is 0 Å². The van der Waals surface area contributed by atoms with Crippen LogP contribution in [0.2, 0.25) is 0 Å². The van der Waals surface area contributed by atoms with E-state index in [1.165, 1.54) is 23.0 Å². The summed E-state index contributed by atoms with van der Waals surface area (Å²) in [6, 6.07) is 12.8. The molecule has 4 heterocycles. The number of ether oxygens (including phenoxy) is 1. The van der Waals surface area contributed by atoms with Gasteiger partial charge in [0, 0.05) is 0 Å². The first-order chi connectivity index (χ1) is 14.6. The van der Waals surface area contributed by atoms with E-state index in [0.29, 0.717) is 27.8 Å². The van der Waals surface area contributed by atoms with Gasteiger partial charge in [-0.1, -0.05) is 24.3 Å². The van der Waals surface area contributed by atoms with E-state index in [1.54, 1.807) is 36.4 Å². The van der Waals surface area contributed by atoms with Crippen molar-refractivity contribution in [2.45, 2.75) is 5.92 Å². The molecule has 8 nitrogen and oxygen atoms in total. The minimum absolute atomic E-state index is 0.207. The monoisotopic (exact) mass is 402 g/mol. The third-order valence-electron chi connectivity index (χ3n) is 5.19. The summed E-state index contributed by atoms with van der Waals surface area (Å²) in [7, 11) is 0. The van der Waals surface area contributed by atoms with Crippen LogP contribution >= 0.6 is 0 Å². The highest BCUT2D eigenvalue weighted by Crippen LogP contribution is 2.48. The summed E-state index contributed by atoms with van der Waals surface area (Å²) >= 11 is 0. The number of H-pyrrole nitrogens is 1. The molecule has 30 heavy (non-hydrogen) atoms. The predicted octanol–water partition coefficient (Wildman–Crippen LogP) is 2.95. The topological polar surface area (TPSA) is 102 Å². The van der Waals surface area contributed by atoms with Gasteiger partial charge in [0.2, 0.25) is 5.88 Å². The Balaban J connectivity index is 1.77. The second kappa shape index (κ2) is 5.86. The molecule has 0 spiro atoms. The summed E-state index contributed by atoms with van der Waals surface area (Å²) < 4.78 is 26.6. The van der Waals surface area contributed by atoms with E-state index < -0.39 is 23.1 Å². The van der Waals surface area contributed by atoms with Gasteiger partial charge in [0.1, 0.15) is 17.7 Å². The summed E-state index contributed by atoms with van der Waals surface area (Å²) in [4.78, 5) is 33.2. The van der Waals surface area contributed by atoms with Crippen molar-refractivity contribution < 1.29 is 13.5 Å². The molecule has 0 amide bonds. The van der Waals surface area contributed by atoms with Crippen LogP contribution in [-0.4, -0.2) is 19.6 Å². The van der Waals surface area contributed by atoms with Crippen LogP contribution in [0.25, 0.3) is 16.6 Å². The van der Waals surface area contributed by atoms with Crippen molar-refractivity contribution >= 4 is 16.6 Å². The maximum absolute atomic E-state index is 13.6. The average Bonchev–Trinajstić information content (AvgIpc) is 3.13. The average molecular weight is 402 g/mol. The molecule has 0 bridgehead atoms. The number of halogens is 1. The maximum atomic E-state index is 13.6. The van der Waals surface area contributed by atoms with Crippen LogP contribution in [0.4, 0.5) is 4.39 Å². The van der Waals surface area contributed by atoms with Crippen molar-refractivity contribution in [3.63, 3.8) is 0 Å². The third-order valence-corrected chi connectivity index (χ3v) is 5.19. The Bertz CT molecular complexity index is 1580. The Hall–Kier alpha value is -4.27. The molecular weight excluding hydrogens is 391 g/mol. The number of nitrogens with zero attached hydrogens (tertiary/aromatic N) is 3. The Morgan fingerprint density at radius 3 is 2.67 bits per heavy atom. The van der Waals surface area contributed by atoms with E-state index in [1.807, 2.05) is 0 Å². The summed E-state index contributed by atoms with van der Waals surface area (Å²) in [6.07, 6.45) is 1.38. The normalized spacial score (nSPS) is 15.0. The van der Waals surface area contributed by atoms with Crippen LogP contribution in [0.15, 0.2) is 68.9 Å². The third kappa shape index (κ3) is 2.26. The van der Waals surface area contributed by atoms with Gasteiger partial charge in [0.15, 0.2) is 11.4 Å². The van der Waals surface area contributed by atoms with Gasteiger partial charge in [-0.15, -0.1) is 0 Å². The molecule has 1 aliphatic rings. The highest BCUT2D eigenvalue weighted by atomic mass is 19.1.